The molecule has 0 amide bonds. The van der Waals surface area contributed by atoms with E-state index in [1.807, 2.05) is 0 Å². The molecule has 0 bridgehead atoms. The molecule has 10 nitrogen and oxygen atoms in total. The summed E-state index contributed by atoms with van der Waals surface area (Å²) < 4.78 is 34.1. The van der Waals surface area contributed by atoms with Crippen molar-refractivity contribution in [1.29, 1.82) is 0 Å². The minimum absolute atomic E-state index is 0. The predicted molar refractivity (Wildman–Crippen MR) is 51.4 cm³/mol. The van der Waals surface area contributed by atoms with Gasteiger partial charge in [-0.05, 0) is 0 Å². The second kappa shape index (κ2) is 7.00. The Morgan fingerprint density at radius 3 is 0.800 bits per heavy atom. The Morgan fingerprint density at radius 2 is 0.800 bits per heavy atom. The van der Waals surface area contributed by atoms with Gasteiger partial charge in [0.15, 0.2) is 0 Å². The fraction of sp³-hybridized carbons (Fsp3) is 1.00. The van der Waals surface area contributed by atoms with E-state index in [0.29, 0.717) is 0 Å². The van der Waals surface area contributed by atoms with Gasteiger partial charge in [-0.15, -0.1) is 0 Å². The van der Waals surface area contributed by atoms with E-state index in [9.17, 15) is 0 Å². The van der Waals surface area contributed by atoms with Crippen LogP contribution in [-0.2, 0) is 10.4 Å². The van der Waals surface area contributed by atoms with Crippen molar-refractivity contribution in [1.82, 2.24) is 0 Å². The summed E-state index contributed by atoms with van der Waals surface area (Å²) in [5, 5.41) is 0. The van der Waals surface area contributed by atoms with Crippen molar-refractivity contribution in [3.8, 4) is 0 Å². The smallest absolute Gasteiger partial charge is 0.104 e. The fourth-order valence-electron chi connectivity index (χ4n) is 0. The third-order valence-corrected chi connectivity index (χ3v) is 0. The van der Waals surface area contributed by atoms with Crippen LogP contribution in [0, 0.1) is 0 Å². The van der Waals surface area contributed by atoms with Crippen LogP contribution in [0.4, 0.5) is 0 Å². The Hall–Kier alpha value is -0.370. The van der Waals surface area contributed by atoms with Gasteiger partial charge in [-0.3, -0.25) is 8.42 Å². The minimum atomic E-state index is -5.17. The normalized spacial score (nSPS) is 11.9. The van der Waals surface area contributed by atoms with E-state index in [-0.39, 0.29) is 9.40 Å². The first-order chi connectivity index (χ1) is 6.00. The lowest BCUT2D eigenvalue weighted by molar-refractivity contribution is -0.914. The molecule has 0 saturated carbocycles. The molecule has 0 unspecified atom stereocenters. The van der Waals surface area contributed by atoms with Crippen LogP contribution < -0.4 is 23.4 Å². The largest absolute Gasteiger partial charge is 0.759 e. The summed E-state index contributed by atoms with van der Waals surface area (Å²) in [6.45, 7) is 0. The molecule has 15 heavy (non-hydrogen) atoms. The van der Waals surface area contributed by atoms with Gasteiger partial charge in [-0.1, -0.05) is 0 Å². The Bertz CT molecular complexity index is 207. The number of nitrogens with two attached hydrogens (primary N) is 4. The lowest BCUT2D eigenvalue weighted by Gasteiger charge is -2.11. The van der Waals surface area contributed by atoms with E-state index in [0.717, 1.165) is 0 Å². The van der Waals surface area contributed by atoms with Crippen molar-refractivity contribution in [3.05, 3.63) is 0 Å². The molecule has 0 aromatic heterocycles. The molecular weight excluding hydrogens is 228 g/mol. The minimum Gasteiger partial charge on any atom is -0.759 e. The summed E-state index contributed by atoms with van der Waals surface area (Å²) in [6, 6.07) is 0. The van der Waals surface area contributed by atoms with Crippen LogP contribution in [0.1, 0.15) is 0 Å². The van der Waals surface area contributed by atoms with Crippen LogP contribution in [0.25, 0.3) is 0 Å². The molecule has 0 radical (unpaired) electrons. The molecule has 0 aromatic carbocycles. The van der Waals surface area contributed by atoms with E-state index in [1.54, 1.807) is 28.2 Å². The van der Waals surface area contributed by atoms with Gasteiger partial charge in [0, 0.05) is 10.4 Å². The molecule has 0 atom stereocenters. The van der Waals surface area contributed by atoms with Gasteiger partial charge < -0.3 is 9.11 Å². The van der Waals surface area contributed by atoms with E-state index < -0.39 is 10.4 Å². The molecule has 0 aromatic rings. The van der Waals surface area contributed by atoms with Crippen LogP contribution in [0.3, 0.4) is 0 Å². The molecule has 0 heterocycles. The number of quaternary nitrogens is 2. The zero-order valence-corrected chi connectivity index (χ0v) is 10.1. The first-order valence-corrected chi connectivity index (χ1v) is 4.82. The first kappa shape index (κ1) is 20.1. The molecule has 0 aliphatic heterocycles. The van der Waals surface area contributed by atoms with Gasteiger partial charge in [0.1, 0.15) is 28.2 Å². The Balaban J connectivity index is -0.000000144. The Labute approximate surface area is 89.7 Å². The van der Waals surface area contributed by atoms with Gasteiger partial charge in [0.05, 0.1) is 0 Å². The molecule has 0 saturated heterocycles. The molecule has 0 rings (SSSR count). The van der Waals surface area contributed by atoms with Crippen molar-refractivity contribution in [2.24, 2.45) is 23.4 Å². The highest BCUT2D eigenvalue weighted by atomic mass is 32.3. The quantitative estimate of drug-likeness (QED) is 0.111. The maximum atomic E-state index is 8.52. The summed E-state index contributed by atoms with van der Waals surface area (Å²) >= 11 is 0. The van der Waals surface area contributed by atoms with E-state index in [4.69, 9.17) is 40.9 Å². The van der Waals surface area contributed by atoms with Gasteiger partial charge >= 0.3 is 0 Å². The Kier molecular flexibility index (Phi) is 9.37. The molecule has 0 aliphatic rings. The van der Waals surface area contributed by atoms with E-state index in [2.05, 4.69) is 0 Å². The van der Waals surface area contributed by atoms with Crippen molar-refractivity contribution < 1.29 is 26.9 Å². The van der Waals surface area contributed by atoms with Gasteiger partial charge in [0.25, 0.3) is 0 Å². The molecule has 8 N–H and O–H groups in total. The van der Waals surface area contributed by atoms with Crippen LogP contribution in [0.5, 0.6) is 0 Å². The lowest BCUT2D eigenvalue weighted by atomic mass is 11.1. The maximum absolute atomic E-state index is 8.52. The topological polar surface area (TPSA) is 184 Å². The highest BCUT2D eigenvalue weighted by Gasteiger charge is 1.91. The van der Waals surface area contributed by atoms with Crippen molar-refractivity contribution >= 4 is 10.4 Å². The van der Waals surface area contributed by atoms with Crippen molar-refractivity contribution in [3.63, 3.8) is 0 Å². The van der Waals surface area contributed by atoms with Crippen LogP contribution in [0.15, 0.2) is 0 Å². The summed E-state index contributed by atoms with van der Waals surface area (Å²) in [5.41, 5.74) is 0. The van der Waals surface area contributed by atoms with Gasteiger partial charge in [-0.2, -0.15) is 32.8 Å². The van der Waals surface area contributed by atoms with Crippen molar-refractivity contribution in [2.45, 2.75) is 0 Å². The molecule has 96 valence electrons. The monoisotopic (exact) mass is 248 g/mol. The molecular formula is C4H20N6O4S. The highest BCUT2D eigenvalue weighted by molar-refractivity contribution is 7.79. The van der Waals surface area contributed by atoms with Gasteiger partial charge in [0.2, 0.25) is 0 Å². The summed E-state index contributed by atoms with van der Waals surface area (Å²) in [7, 11) is 1.56. The maximum Gasteiger partial charge on any atom is 0.104 e. The molecule has 0 aliphatic carbocycles. The summed E-state index contributed by atoms with van der Waals surface area (Å²) in [5.74, 6) is 20.3. The average Bonchev–Trinajstić information content (AvgIpc) is 1.41. The molecule has 0 fully saturated rings. The second-order valence-electron chi connectivity index (χ2n) is 3.67. The molecule has 0 spiro atoms. The zero-order valence-electron chi connectivity index (χ0n) is 9.25. The lowest BCUT2D eigenvalue weighted by Crippen LogP contribution is -2.53. The average molecular weight is 248 g/mol. The summed E-state index contributed by atoms with van der Waals surface area (Å²) in [6.07, 6.45) is 0. The van der Waals surface area contributed by atoms with Gasteiger partial charge in [-0.25, -0.2) is 0 Å². The third kappa shape index (κ3) is 13500. The first-order valence-electron chi connectivity index (χ1n) is 3.49. The van der Waals surface area contributed by atoms with E-state index >= 15 is 0 Å². The standard InChI is InChI=1S/2C2H10N3.H2O4S/c3*1-5(2,3)4/h2*3-4H2,1-2H3;(H2,1,2,3,4)/q2*+1;/p-2. The second-order valence-corrected chi connectivity index (χ2v) is 4.48. The highest BCUT2D eigenvalue weighted by Crippen LogP contribution is 1.58. The van der Waals surface area contributed by atoms with Crippen molar-refractivity contribution in [2.75, 3.05) is 28.2 Å². The number of hydrogen-bond acceptors (Lipinski definition) is 8. The van der Waals surface area contributed by atoms with Crippen LogP contribution >= 0.6 is 0 Å². The van der Waals surface area contributed by atoms with Crippen LogP contribution in [-0.4, -0.2) is 55.1 Å². The predicted octanol–water partition coefficient (Wildman–Crippen LogP) is -3.72. The summed E-state index contributed by atoms with van der Waals surface area (Å²) in [4.78, 5) is 0. The SMILES string of the molecule is C[N+](C)(N)N.C[N+](C)(N)N.O=S(=O)([O-])[O-]. The van der Waals surface area contributed by atoms with E-state index in [1.165, 1.54) is 0 Å². The fourth-order valence-corrected chi connectivity index (χ4v) is 0. The van der Waals surface area contributed by atoms with Crippen LogP contribution in [0.2, 0.25) is 0 Å². The Morgan fingerprint density at radius 1 is 0.800 bits per heavy atom. The third-order valence-electron chi connectivity index (χ3n) is 0. The molecule has 11 heteroatoms. The number of hydrogen-bond donors (Lipinski definition) is 4. The zero-order chi connectivity index (χ0) is 13.5. The number of nitrogens with zero attached hydrogens (tertiary/aromatic N) is 2. The number of rotatable bonds is 0.